The summed E-state index contributed by atoms with van der Waals surface area (Å²) in [5.41, 5.74) is 5.93. The summed E-state index contributed by atoms with van der Waals surface area (Å²) in [6.07, 6.45) is 3.59. The number of amides is 1. The molecule has 0 unspecified atom stereocenters. The van der Waals surface area contributed by atoms with Gasteiger partial charge < -0.3 is 14.8 Å². The molecule has 6 heteroatoms. The average molecular weight is 479 g/mol. The highest BCUT2D eigenvalue weighted by atomic mass is 16.5. The third-order valence-corrected chi connectivity index (χ3v) is 6.29. The number of esters is 1. The number of nitrogens with one attached hydrogen (secondary N) is 1. The van der Waals surface area contributed by atoms with Crippen molar-refractivity contribution in [2.45, 2.75) is 19.4 Å². The zero-order valence-electron chi connectivity index (χ0n) is 20.0. The van der Waals surface area contributed by atoms with E-state index in [1.54, 1.807) is 7.11 Å². The van der Waals surface area contributed by atoms with Gasteiger partial charge in [-0.3, -0.25) is 4.79 Å². The Kier molecular flexibility index (Phi) is 6.76. The van der Waals surface area contributed by atoms with Crippen molar-refractivity contribution in [2.75, 3.05) is 13.7 Å². The van der Waals surface area contributed by atoms with Crippen molar-refractivity contribution in [1.82, 2.24) is 10.3 Å². The second-order valence-corrected chi connectivity index (χ2v) is 8.58. The van der Waals surface area contributed by atoms with Crippen LogP contribution in [0.1, 0.15) is 39.2 Å². The Balaban J connectivity index is 1.36. The highest BCUT2D eigenvalue weighted by Crippen LogP contribution is 2.37. The lowest BCUT2D eigenvalue weighted by Gasteiger charge is -2.13. The van der Waals surface area contributed by atoms with Crippen LogP contribution in [0.3, 0.4) is 0 Å². The molecule has 0 bridgehead atoms. The molecule has 5 rings (SSSR count). The lowest BCUT2D eigenvalue weighted by atomic mass is 10.0. The van der Waals surface area contributed by atoms with Gasteiger partial charge in [-0.15, -0.1) is 0 Å². The number of pyridine rings is 1. The van der Waals surface area contributed by atoms with Gasteiger partial charge in [0.1, 0.15) is 5.75 Å². The van der Waals surface area contributed by atoms with Crippen molar-refractivity contribution in [3.05, 3.63) is 107 Å². The number of aromatic nitrogens is 1. The molecule has 0 saturated heterocycles. The predicted molar refractivity (Wildman–Crippen MR) is 140 cm³/mol. The number of benzene rings is 3. The molecule has 0 fully saturated rings. The van der Waals surface area contributed by atoms with Crippen molar-refractivity contribution in [3.63, 3.8) is 0 Å². The van der Waals surface area contributed by atoms with Crippen LogP contribution in [-0.4, -0.2) is 30.6 Å². The van der Waals surface area contributed by atoms with Gasteiger partial charge in [-0.05, 0) is 47.8 Å². The largest absolute Gasteiger partial charge is 0.496 e. The second kappa shape index (κ2) is 10.4. The van der Waals surface area contributed by atoms with Gasteiger partial charge in [-0.1, -0.05) is 66.7 Å². The van der Waals surface area contributed by atoms with Gasteiger partial charge in [0.15, 0.2) is 6.61 Å². The van der Waals surface area contributed by atoms with Crippen molar-refractivity contribution in [3.8, 4) is 5.75 Å². The molecule has 1 N–H and O–H groups in total. The van der Waals surface area contributed by atoms with E-state index in [1.165, 1.54) is 0 Å². The maximum Gasteiger partial charge on any atom is 0.339 e. The normalized spacial score (nSPS) is 13.4. The number of carbonyl (C=O) groups is 2. The molecule has 1 amide bonds. The van der Waals surface area contributed by atoms with Crippen LogP contribution in [0.4, 0.5) is 0 Å². The fraction of sp³-hybridized carbons (Fsp3) is 0.167. The first-order valence-electron chi connectivity index (χ1n) is 11.9. The Morgan fingerprint density at radius 1 is 0.944 bits per heavy atom. The summed E-state index contributed by atoms with van der Waals surface area (Å²) in [7, 11) is 1.58. The van der Waals surface area contributed by atoms with E-state index in [0.717, 1.165) is 45.3 Å². The number of carbonyl (C=O) groups excluding carboxylic acids is 2. The molecule has 0 saturated carbocycles. The zero-order valence-corrected chi connectivity index (χ0v) is 20.0. The van der Waals surface area contributed by atoms with E-state index in [0.29, 0.717) is 17.7 Å². The Labute approximate surface area is 209 Å². The molecule has 0 aliphatic heterocycles. The Morgan fingerprint density at radius 3 is 2.53 bits per heavy atom. The van der Waals surface area contributed by atoms with E-state index in [1.807, 2.05) is 78.9 Å². The first-order valence-corrected chi connectivity index (χ1v) is 11.9. The van der Waals surface area contributed by atoms with Crippen LogP contribution in [0.5, 0.6) is 5.75 Å². The number of hydrogen-bond acceptors (Lipinski definition) is 5. The van der Waals surface area contributed by atoms with Gasteiger partial charge in [0, 0.05) is 17.5 Å². The lowest BCUT2D eigenvalue weighted by Crippen LogP contribution is -2.28. The molecule has 0 atom stereocenters. The topological polar surface area (TPSA) is 77.5 Å². The van der Waals surface area contributed by atoms with Crippen molar-refractivity contribution in [1.29, 1.82) is 0 Å². The number of methoxy groups -OCH3 is 1. The molecule has 1 aliphatic rings. The molecule has 3 aromatic carbocycles. The third-order valence-electron chi connectivity index (χ3n) is 6.29. The van der Waals surface area contributed by atoms with E-state index in [9.17, 15) is 9.59 Å². The van der Waals surface area contributed by atoms with E-state index in [4.69, 9.17) is 14.5 Å². The number of ether oxygens (including phenoxy) is 2. The van der Waals surface area contributed by atoms with E-state index in [2.05, 4.69) is 11.4 Å². The lowest BCUT2D eigenvalue weighted by molar-refractivity contribution is -0.124. The van der Waals surface area contributed by atoms with E-state index < -0.39 is 5.97 Å². The molecular weight excluding hydrogens is 452 g/mol. The number of allylic oxidation sites excluding steroid dienone is 1. The summed E-state index contributed by atoms with van der Waals surface area (Å²) in [5, 5.41) is 3.52. The average Bonchev–Trinajstić information content (AvgIpc) is 3.31. The van der Waals surface area contributed by atoms with Gasteiger partial charge in [0.25, 0.3) is 5.91 Å². The number of para-hydroxylation sites is 2. The van der Waals surface area contributed by atoms with Gasteiger partial charge in [0.05, 0.1) is 23.9 Å². The Hall–Kier alpha value is -4.45. The quantitative estimate of drug-likeness (QED) is 0.369. The summed E-state index contributed by atoms with van der Waals surface area (Å²) < 4.78 is 10.8. The van der Waals surface area contributed by atoms with Gasteiger partial charge in [-0.25, -0.2) is 9.78 Å². The van der Waals surface area contributed by atoms with Crippen LogP contribution in [0.25, 0.3) is 22.6 Å². The summed E-state index contributed by atoms with van der Waals surface area (Å²) in [4.78, 5) is 30.6. The van der Waals surface area contributed by atoms with Gasteiger partial charge >= 0.3 is 5.97 Å². The smallest absolute Gasteiger partial charge is 0.339 e. The third kappa shape index (κ3) is 4.84. The fourth-order valence-electron chi connectivity index (χ4n) is 4.56. The summed E-state index contributed by atoms with van der Waals surface area (Å²) in [6.45, 7) is -0.0895. The van der Waals surface area contributed by atoms with Crippen LogP contribution in [0.2, 0.25) is 0 Å². The Bertz CT molecular complexity index is 1460. The van der Waals surface area contributed by atoms with Crippen LogP contribution in [0.15, 0.2) is 78.9 Å². The van der Waals surface area contributed by atoms with Crippen molar-refractivity contribution >= 4 is 34.4 Å². The minimum Gasteiger partial charge on any atom is -0.496 e. The summed E-state index contributed by atoms with van der Waals surface area (Å²) in [6, 6.07) is 25.1. The molecule has 1 heterocycles. The van der Waals surface area contributed by atoms with Crippen LogP contribution in [-0.2, 0) is 22.5 Å². The molecule has 6 nitrogen and oxygen atoms in total. The minimum atomic E-state index is -0.516. The molecule has 1 aromatic heterocycles. The second-order valence-electron chi connectivity index (χ2n) is 8.58. The molecule has 180 valence electrons. The number of rotatable bonds is 7. The zero-order chi connectivity index (χ0) is 24.9. The van der Waals surface area contributed by atoms with Crippen molar-refractivity contribution < 1.29 is 19.1 Å². The monoisotopic (exact) mass is 478 g/mol. The van der Waals surface area contributed by atoms with E-state index in [-0.39, 0.29) is 19.1 Å². The molecule has 0 spiro atoms. The van der Waals surface area contributed by atoms with Crippen molar-refractivity contribution in [2.24, 2.45) is 0 Å². The fourth-order valence-corrected chi connectivity index (χ4v) is 4.56. The first kappa shape index (κ1) is 23.3. The summed E-state index contributed by atoms with van der Waals surface area (Å²) >= 11 is 0. The van der Waals surface area contributed by atoms with Crippen LogP contribution < -0.4 is 10.1 Å². The molecule has 36 heavy (non-hydrogen) atoms. The van der Waals surface area contributed by atoms with Crippen LogP contribution >= 0.6 is 0 Å². The highest BCUT2D eigenvalue weighted by Gasteiger charge is 2.28. The molecular formula is C30H26N2O4. The Morgan fingerprint density at radius 2 is 1.69 bits per heavy atom. The molecule has 1 aliphatic carbocycles. The predicted octanol–water partition coefficient (Wildman–Crippen LogP) is 5.20. The molecule has 4 aromatic rings. The first-order chi connectivity index (χ1) is 17.6. The SMILES string of the molecule is COc1ccccc1CNC(=O)COC(=O)c1c2c(nc3ccccc13)/C(=C/c1ccccc1)CC2. The standard InChI is InChI=1S/C30H26N2O4/c1-35-26-14-8-5-11-22(26)18-31-27(33)19-36-30(34)28-23-12-6-7-13-25(23)32-29-21(15-16-24(28)29)17-20-9-3-2-4-10-20/h2-14,17H,15-16,18-19H2,1H3,(H,31,33)/b21-17+. The highest BCUT2D eigenvalue weighted by molar-refractivity contribution is 6.07. The number of fused-ring (bicyclic) bond motifs is 2. The summed E-state index contributed by atoms with van der Waals surface area (Å²) in [5.74, 6) is -0.208. The minimum absolute atomic E-state index is 0.279. The maximum atomic E-state index is 13.3. The van der Waals surface area contributed by atoms with Gasteiger partial charge in [-0.2, -0.15) is 0 Å². The molecule has 0 radical (unpaired) electrons. The van der Waals surface area contributed by atoms with Gasteiger partial charge in [0.2, 0.25) is 0 Å². The van der Waals surface area contributed by atoms with Crippen LogP contribution in [0, 0.1) is 0 Å². The number of hydrogen-bond donors (Lipinski definition) is 1. The number of nitrogens with zero attached hydrogens (tertiary/aromatic N) is 1. The van der Waals surface area contributed by atoms with E-state index >= 15 is 0 Å². The maximum absolute atomic E-state index is 13.3.